The molecule has 0 saturated heterocycles. The van der Waals surface area contributed by atoms with Crippen molar-refractivity contribution in [1.29, 1.82) is 0 Å². The molecule has 0 atom stereocenters. The van der Waals surface area contributed by atoms with Crippen LogP contribution in [0.3, 0.4) is 0 Å². The first-order valence-corrected chi connectivity index (χ1v) is 6.74. The summed E-state index contributed by atoms with van der Waals surface area (Å²) in [6.07, 6.45) is 0. The van der Waals surface area contributed by atoms with E-state index < -0.39 is 16.6 Å². The molecule has 7 heteroatoms. The van der Waals surface area contributed by atoms with E-state index in [9.17, 15) is 19.3 Å². The molecule has 2 rings (SSSR count). The van der Waals surface area contributed by atoms with Gasteiger partial charge in [-0.1, -0.05) is 18.2 Å². The lowest BCUT2D eigenvalue weighted by Gasteiger charge is -2.08. The second kappa shape index (κ2) is 6.45. The first-order valence-electron chi connectivity index (χ1n) is 5.94. The lowest BCUT2D eigenvalue weighted by atomic mass is 10.1. The van der Waals surface area contributed by atoms with Crippen LogP contribution in [0.25, 0.3) is 0 Å². The molecule has 1 amide bonds. The number of benzene rings is 2. The maximum absolute atomic E-state index is 13.6. The van der Waals surface area contributed by atoms with Crippen molar-refractivity contribution in [3.63, 3.8) is 0 Å². The van der Waals surface area contributed by atoms with E-state index in [1.165, 1.54) is 36.4 Å². The van der Waals surface area contributed by atoms with Gasteiger partial charge in [-0.2, -0.15) is 0 Å². The SMILES string of the molecule is O=C(NCc1ccc([N+](=O)[O-])cc1)c1c(F)cccc1Br. The number of nitrogens with one attached hydrogen (secondary N) is 1. The van der Waals surface area contributed by atoms with E-state index in [4.69, 9.17) is 0 Å². The second-order valence-electron chi connectivity index (χ2n) is 4.20. The monoisotopic (exact) mass is 352 g/mol. The average Bonchev–Trinajstić information content (AvgIpc) is 2.45. The summed E-state index contributed by atoms with van der Waals surface area (Å²) in [6, 6.07) is 10.0. The number of carbonyl (C=O) groups excluding carboxylic acids is 1. The fourth-order valence-electron chi connectivity index (χ4n) is 1.72. The van der Waals surface area contributed by atoms with Crippen LogP contribution < -0.4 is 5.32 Å². The maximum atomic E-state index is 13.6. The van der Waals surface area contributed by atoms with Gasteiger partial charge < -0.3 is 5.32 Å². The van der Waals surface area contributed by atoms with Crippen molar-refractivity contribution < 1.29 is 14.1 Å². The number of rotatable bonds is 4. The van der Waals surface area contributed by atoms with Crippen LogP contribution >= 0.6 is 15.9 Å². The standard InChI is InChI=1S/C14H10BrFN2O3/c15-11-2-1-3-12(16)13(11)14(19)17-8-9-4-6-10(7-5-9)18(20)21/h1-7H,8H2,(H,17,19). The zero-order valence-electron chi connectivity index (χ0n) is 10.7. The van der Waals surface area contributed by atoms with Crippen molar-refractivity contribution in [2.75, 3.05) is 0 Å². The smallest absolute Gasteiger partial charge is 0.269 e. The molecule has 108 valence electrons. The molecule has 0 aliphatic rings. The third-order valence-electron chi connectivity index (χ3n) is 2.79. The molecule has 0 fully saturated rings. The molecule has 0 heterocycles. The molecule has 0 unspecified atom stereocenters. The summed E-state index contributed by atoms with van der Waals surface area (Å²) in [5.74, 6) is -1.18. The first-order chi connectivity index (χ1) is 9.99. The van der Waals surface area contributed by atoms with E-state index in [1.807, 2.05) is 0 Å². The third kappa shape index (κ3) is 3.63. The van der Waals surface area contributed by atoms with Gasteiger partial charge in [0.2, 0.25) is 0 Å². The number of halogens is 2. The van der Waals surface area contributed by atoms with Crippen LogP contribution in [0.15, 0.2) is 46.9 Å². The van der Waals surface area contributed by atoms with Crippen LogP contribution in [0.2, 0.25) is 0 Å². The summed E-state index contributed by atoms with van der Waals surface area (Å²) in [5, 5.41) is 13.1. The Morgan fingerprint density at radius 3 is 2.48 bits per heavy atom. The Hall–Kier alpha value is -2.28. The predicted octanol–water partition coefficient (Wildman–Crippen LogP) is 3.43. The lowest BCUT2D eigenvalue weighted by Crippen LogP contribution is -2.24. The Kier molecular flexibility index (Phi) is 4.64. The normalized spacial score (nSPS) is 10.2. The first kappa shape index (κ1) is 15.1. The lowest BCUT2D eigenvalue weighted by molar-refractivity contribution is -0.384. The second-order valence-corrected chi connectivity index (χ2v) is 5.06. The fraction of sp³-hybridized carbons (Fsp3) is 0.0714. The number of carbonyl (C=O) groups is 1. The Balaban J connectivity index is 2.06. The maximum Gasteiger partial charge on any atom is 0.269 e. The minimum Gasteiger partial charge on any atom is -0.348 e. The van der Waals surface area contributed by atoms with Gasteiger partial charge in [0, 0.05) is 23.2 Å². The molecule has 0 aliphatic heterocycles. The van der Waals surface area contributed by atoms with Gasteiger partial charge in [-0.05, 0) is 33.6 Å². The summed E-state index contributed by atoms with van der Waals surface area (Å²) in [6.45, 7) is 0.150. The molecular weight excluding hydrogens is 343 g/mol. The van der Waals surface area contributed by atoms with Crippen LogP contribution in [-0.2, 0) is 6.54 Å². The zero-order chi connectivity index (χ0) is 15.4. The fourth-order valence-corrected chi connectivity index (χ4v) is 2.24. The van der Waals surface area contributed by atoms with Crippen LogP contribution in [0, 0.1) is 15.9 Å². The molecule has 5 nitrogen and oxygen atoms in total. The van der Waals surface area contributed by atoms with Gasteiger partial charge in [0.1, 0.15) is 5.82 Å². The van der Waals surface area contributed by atoms with Crippen molar-refractivity contribution in [2.24, 2.45) is 0 Å². The van der Waals surface area contributed by atoms with E-state index in [-0.39, 0.29) is 17.8 Å². The van der Waals surface area contributed by atoms with Crippen molar-refractivity contribution in [2.45, 2.75) is 6.54 Å². The highest BCUT2D eigenvalue weighted by atomic mass is 79.9. The van der Waals surface area contributed by atoms with Gasteiger partial charge in [0.05, 0.1) is 10.5 Å². The quantitative estimate of drug-likeness (QED) is 0.676. The molecular formula is C14H10BrFN2O3. The molecule has 0 bridgehead atoms. The molecule has 0 aliphatic carbocycles. The predicted molar refractivity (Wildman–Crippen MR) is 78.4 cm³/mol. The van der Waals surface area contributed by atoms with Crippen molar-refractivity contribution in [3.8, 4) is 0 Å². The van der Waals surface area contributed by atoms with E-state index in [0.717, 1.165) is 0 Å². The topological polar surface area (TPSA) is 72.2 Å². The highest BCUT2D eigenvalue weighted by Gasteiger charge is 2.15. The highest BCUT2D eigenvalue weighted by Crippen LogP contribution is 2.19. The molecule has 2 aromatic rings. The third-order valence-corrected chi connectivity index (χ3v) is 3.45. The van der Waals surface area contributed by atoms with Crippen molar-refractivity contribution >= 4 is 27.5 Å². The Morgan fingerprint density at radius 2 is 1.90 bits per heavy atom. The van der Waals surface area contributed by atoms with Gasteiger partial charge in [-0.15, -0.1) is 0 Å². The highest BCUT2D eigenvalue weighted by molar-refractivity contribution is 9.10. The molecule has 0 spiro atoms. The summed E-state index contributed by atoms with van der Waals surface area (Å²) < 4.78 is 14.0. The summed E-state index contributed by atoms with van der Waals surface area (Å²) in [7, 11) is 0. The number of hydrogen-bond acceptors (Lipinski definition) is 3. The van der Waals surface area contributed by atoms with Gasteiger partial charge in [-0.3, -0.25) is 14.9 Å². The zero-order valence-corrected chi connectivity index (χ0v) is 12.3. The van der Waals surface area contributed by atoms with E-state index in [0.29, 0.717) is 10.0 Å². The molecule has 0 radical (unpaired) electrons. The largest absolute Gasteiger partial charge is 0.348 e. The summed E-state index contributed by atoms with van der Waals surface area (Å²) in [4.78, 5) is 22.0. The van der Waals surface area contributed by atoms with Crippen LogP contribution in [-0.4, -0.2) is 10.8 Å². The number of non-ortho nitro benzene ring substituents is 1. The molecule has 2 aromatic carbocycles. The summed E-state index contributed by atoms with van der Waals surface area (Å²) >= 11 is 3.12. The van der Waals surface area contributed by atoms with Gasteiger partial charge in [0.15, 0.2) is 0 Å². The van der Waals surface area contributed by atoms with Gasteiger partial charge in [-0.25, -0.2) is 4.39 Å². The van der Waals surface area contributed by atoms with E-state index >= 15 is 0 Å². The number of nitro benzene ring substituents is 1. The van der Waals surface area contributed by atoms with Crippen molar-refractivity contribution in [3.05, 3.63) is 74.0 Å². The Bertz CT molecular complexity index is 669. The molecule has 1 N–H and O–H groups in total. The minimum absolute atomic E-state index is 0.0260. The molecule has 0 aromatic heterocycles. The summed E-state index contributed by atoms with van der Waals surface area (Å²) in [5.41, 5.74) is 0.586. The van der Waals surface area contributed by atoms with Crippen molar-refractivity contribution in [1.82, 2.24) is 5.32 Å². The minimum atomic E-state index is -0.620. The number of nitrogens with zero attached hydrogens (tertiary/aromatic N) is 1. The molecule has 21 heavy (non-hydrogen) atoms. The number of nitro groups is 1. The molecule has 0 saturated carbocycles. The Labute approximate surface area is 128 Å². The average molecular weight is 353 g/mol. The van der Waals surface area contributed by atoms with Crippen LogP contribution in [0.5, 0.6) is 0 Å². The van der Waals surface area contributed by atoms with Crippen LogP contribution in [0.1, 0.15) is 15.9 Å². The van der Waals surface area contributed by atoms with Crippen LogP contribution in [0.4, 0.5) is 10.1 Å². The van der Waals surface area contributed by atoms with Gasteiger partial charge >= 0.3 is 0 Å². The number of amides is 1. The number of hydrogen-bond donors (Lipinski definition) is 1. The van der Waals surface area contributed by atoms with E-state index in [2.05, 4.69) is 21.2 Å². The van der Waals surface area contributed by atoms with Gasteiger partial charge in [0.25, 0.3) is 11.6 Å². The van der Waals surface area contributed by atoms with E-state index in [1.54, 1.807) is 6.07 Å². The Morgan fingerprint density at radius 1 is 1.24 bits per heavy atom.